The summed E-state index contributed by atoms with van der Waals surface area (Å²) in [5.74, 6) is 1.31. The van der Waals surface area contributed by atoms with Crippen LogP contribution in [-0.4, -0.2) is 15.3 Å². The van der Waals surface area contributed by atoms with Crippen molar-refractivity contribution >= 4 is 0 Å². The topological polar surface area (TPSA) is 60.7 Å². The number of phenolic OH excluding ortho intramolecular Hbond substituents is 2. The summed E-state index contributed by atoms with van der Waals surface area (Å²) in [5.41, 5.74) is 4.67. The molecule has 2 saturated carbocycles. The van der Waals surface area contributed by atoms with Gasteiger partial charge in [-0.3, -0.25) is 0 Å². The largest absolute Gasteiger partial charge is 0.508 e. The van der Waals surface area contributed by atoms with Gasteiger partial charge in [0, 0.05) is 0 Å². The summed E-state index contributed by atoms with van der Waals surface area (Å²) in [6.07, 6.45) is 11.5. The van der Waals surface area contributed by atoms with Gasteiger partial charge in [0.05, 0.1) is 0 Å². The minimum absolute atomic E-state index is 0.317. The highest BCUT2D eigenvalue weighted by Crippen LogP contribution is 2.47. The molecule has 0 radical (unpaired) electrons. The standard InChI is InChI=1S/C33H40O3/c1-22-18-31(34)27(24-12-6-3-7-13-24)20-29(22)33(36,26-16-10-5-11-17-26)30-21-28(32(35)19-23(30)2)25-14-8-4-9-15-25/h5,10-11,16-21,24-25,34-36H,3-4,6-9,12-15H2,1-2H3. The maximum absolute atomic E-state index is 12.9. The highest BCUT2D eigenvalue weighted by atomic mass is 16.3. The summed E-state index contributed by atoms with van der Waals surface area (Å²) in [7, 11) is 0. The summed E-state index contributed by atoms with van der Waals surface area (Å²) >= 11 is 0. The summed E-state index contributed by atoms with van der Waals surface area (Å²) in [4.78, 5) is 0. The van der Waals surface area contributed by atoms with Crippen LogP contribution < -0.4 is 0 Å². The zero-order valence-corrected chi connectivity index (χ0v) is 21.8. The predicted molar refractivity (Wildman–Crippen MR) is 146 cm³/mol. The smallest absolute Gasteiger partial charge is 0.141 e. The van der Waals surface area contributed by atoms with Crippen molar-refractivity contribution in [2.75, 3.05) is 0 Å². The van der Waals surface area contributed by atoms with Crippen LogP contribution in [0, 0.1) is 13.8 Å². The van der Waals surface area contributed by atoms with Crippen molar-refractivity contribution in [3.63, 3.8) is 0 Å². The lowest BCUT2D eigenvalue weighted by atomic mass is 9.73. The molecular formula is C33H40O3. The van der Waals surface area contributed by atoms with Crippen LogP contribution in [0.3, 0.4) is 0 Å². The van der Waals surface area contributed by atoms with Gasteiger partial charge < -0.3 is 15.3 Å². The first kappa shape index (κ1) is 24.9. The molecule has 2 aliphatic carbocycles. The Labute approximate surface area is 215 Å². The third-order valence-corrected chi connectivity index (χ3v) is 8.81. The quantitative estimate of drug-likeness (QED) is 0.321. The van der Waals surface area contributed by atoms with Gasteiger partial charge in [0.2, 0.25) is 0 Å². The van der Waals surface area contributed by atoms with E-state index in [4.69, 9.17) is 0 Å². The molecule has 0 saturated heterocycles. The first-order valence-electron chi connectivity index (χ1n) is 13.9. The van der Waals surface area contributed by atoms with Crippen LogP contribution in [0.15, 0.2) is 54.6 Å². The Bertz CT molecular complexity index is 1130. The second kappa shape index (κ2) is 10.3. The maximum Gasteiger partial charge on any atom is 0.141 e. The second-order valence-corrected chi connectivity index (χ2v) is 11.2. The fraction of sp³-hybridized carbons (Fsp3) is 0.455. The van der Waals surface area contributed by atoms with Gasteiger partial charge >= 0.3 is 0 Å². The maximum atomic E-state index is 12.9. The van der Waals surface area contributed by atoms with Crippen LogP contribution in [-0.2, 0) is 5.60 Å². The molecule has 0 spiro atoms. The van der Waals surface area contributed by atoms with E-state index < -0.39 is 5.60 Å². The van der Waals surface area contributed by atoms with E-state index in [0.717, 1.165) is 64.6 Å². The molecule has 36 heavy (non-hydrogen) atoms. The Hall–Kier alpha value is -2.78. The highest BCUT2D eigenvalue weighted by Gasteiger charge is 2.38. The molecule has 0 unspecified atom stereocenters. The van der Waals surface area contributed by atoms with Gasteiger partial charge in [-0.2, -0.15) is 0 Å². The van der Waals surface area contributed by atoms with E-state index in [-0.39, 0.29) is 0 Å². The van der Waals surface area contributed by atoms with E-state index in [2.05, 4.69) is 12.1 Å². The first-order valence-corrected chi connectivity index (χ1v) is 13.9. The van der Waals surface area contributed by atoms with E-state index in [0.29, 0.717) is 23.3 Å². The molecule has 0 atom stereocenters. The highest BCUT2D eigenvalue weighted by molar-refractivity contribution is 5.58. The van der Waals surface area contributed by atoms with Crippen molar-refractivity contribution in [2.45, 2.75) is 95.5 Å². The summed E-state index contributed by atoms with van der Waals surface area (Å²) in [6, 6.07) is 17.7. The Morgan fingerprint density at radius 3 is 1.44 bits per heavy atom. The second-order valence-electron chi connectivity index (χ2n) is 11.2. The van der Waals surface area contributed by atoms with Crippen LogP contribution >= 0.6 is 0 Å². The van der Waals surface area contributed by atoms with Crippen molar-refractivity contribution in [2.24, 2.45) is 0 Å². The summed E-state index contributed by atoms with van der Waals surface area (Å²) in [6.45, 7) is 3.96. The number of phenols is 2. The van der Waals surface area contributed by atoms with E-state index in [1.54, 1.807) is 0 Å². The van der Waals surface area contributed by atoms with Crippen LogP contribution in [0.4, 0.5) is 0 Å². The minimum Gasteiger partial charge on any atom is -0.508 e. The summed E-state index contributed by atoms with van der Waals surface area (Å²) < 4.78 is 0. The zero-order valence-electron chi connectivity index (χ0n) is 21.8. The molecule has 0 bridgehead atoms. The van der Waals surface area contributed by atoms with Gasteiger partial charge in [-0.15, -0.1) is 0 Å². The SMILES string of the molecule is Cc1cc(O)c(C2CCCCC2)cc1C(O)(c1ccccc1)c1cc(C2CCCCC2)c(O)cc1C. The van der Waals surface area contributed by atoms with Crippen LogP contribution in [0.1, 0.15) is 115 Å². The number of hydrogen-bond acceptors (Lipinski definition) is 3. The lowest BCUT2D eigenvalue weighted by Gasteiger charge is -2.35. The van der Waals surface area contributed by atoms with E-state index in [1.165, 1.54) is 38.5 Å². The van der Waals surface area contributed by atoms with Crippen molar-refractivity contribution < 1.29 is 15.3 Å². The predicted octanol–water partition coefficient (Wildman–Crippen LogP) is 8.09. The van der Waals surface area contributed by atoms with Crippen molar-refractivity contribution in [3.05, 3.63) is 93.5 Å². The van der Waals surface area contributed by atoms with E-state index in [1.807, 2.05) is 56.3 Å². The number of hydrogen-bond donors (Lipinski definition) is 3. The van der Waals surface area contributed by atoms with Gasteiger partial charge in [0.25, 0.3) is 0 Å². The van der Waals surface area contributed by atoms with Crippen LogP contribution in [0.5, 0.6) is 11.5 Å². The third-order valence-electron chi connectivity index (χ3n) is 8.81. The Morgan fingerprint density at radius 2 is 1.03 bits per heavy atom. The van der Waals surface area contributed by atoms with Gasteiger partial charge in [-0.1, -0.05) is 68.9 Å². The molecule has 190 valence electrons. The van der Waals surface area contributed by atoms with E-state index >= 15 is 0 Å². The number of aliphatic hydroxyl groups is 1. The lowest BCUT2D eigenvalue weighted by molar-refractivity contribution is 0.124. The Kier molecular flexibility index (Phi) is 7.12. The monoisotopic (exact) mass is 484 g/mol. The van der Waals surface area contributed by atoms with Crippen LogP contribution in [0.25, 0.3) is 0 Å². The molecule has 0 amide bonds. The molecule has 3 N–H and O–H groups in total. The molecule has 2 fully saturated rings. The molecule has 0 aromatic heterocycles. The zero-order chi connectivity index (χ0) is 25.3. The molecule has 2 aliphatic rings. The number of aromatic hydroxyl groups is 2. The molecule has 5 rings (SSSR count). The number of rotatable bonds is 5. The van der Waals surface area contributed by atoms with Crippen molar-refractivity contribution in [1.82, 2.24) is 0 Å². The minimum atomic E-state index is -1.40. The average molecular weight is 485 g/mol. The summed E-state index contributed by atoms with van der Waals surface area (Å²) in [5, 5.41) is 34.8. The van der Waals surface area contributed by atoms with Gasteiger partial charge in [0.1, 0.15) is 17.1 Å². The molecule has 3 heteroatoms. The van der Waals surface area contributed by atoms with Gasteiger partial charge in [-0.05, 0) is 115 Å². The number of benzene rings is 3. The molecule has 0 heterocycles. The average Bonchev–Trinajstić information content (AvgIpc) is 2.90. The van der Waals surface area contributed by atoms with E-state index in [9.17, 15) is 15.3 Å². The molecule has 3 nitrogen and oxygen atoms in total. The van der Waals surface area contributed by atoms with Crippen LogP contribution in [0.2, 0.25) is 0 Å². The third kappa shape index (κ3) is 4.54. The molecular weight excluding hydrogens is 444 g/mol. The van der Waals surface area contributed by atoms with Crippen molar-refractivity contribution in [3.8, 4) is 11.5 Å². The molecule has 0 aliphatic heterocycles. The first-order chi connectivity index (χ1) is 17.4. The normalized spacial score (nSPS) is 17.9. The fourth-order valence-electron chi connectivity index (χ4n) is 6.82. The Balaban J connectivity index is 1.72. The van der Waals surface area contributed by atoms with Gasteiger partial charge in [0.15, 0.2) is 0 Å². The van der Waals surface area contributed by atoms with Gasteiger partial charge in [-0.25, -0.2) is 0 Å². The fourth-order valence-corrected chi connectivity index (χ4v) is 6.82. The van der Waals surface area contributed by atoms with Crippen molar-refractivity contribution in [1.29, 1.82) is 0 Å². The Morgan fingerprint density at radius 1 is 0.611 bits per heavy atom. The lowest BCUT2D eigenvalue weighted by Crippen LogP contribution is -2.31. The molecule has 3 aromatic carbocycles. The number of aryl methyl sites for hydroxylation is 2. The molecule has 3 aromatic rings.